The second-order valence-electron chi connectivity index (χ2n) is 5.67. The van der Waals surface area contributed by atoms with Gasteiger partial charge in [0.25, 0.3) is 0 Å². The Morgan fingerprint density at radius 1 is 1.50 bits per heavy atom. The highest BCUT2D eigenvalue weighted by Gasteiger charge is 2.42. The van der Waals surface area contributed by atoms with Crippen LogP contribution in [0.25, 0.3) is 0 Å². The fourth-order valence-corrected chi connectivity index (χ4v) is 2.56. The van der Waals surface area contributed by atoms with Crippen LogP contribution in [-0.2, 0) is 4.79 Å². The van der Waals surface area contributed by atoms with Crippen LogP contribution in [0.5, 0.6) is 0 Å². The number of carbonyl (C=O) groups is 1. The van der Waals surface area contributed by atoms with Gasteiger partial charge in [-0.2, -0.15) is 0 Å². The highest BCUT2D eigenvalue weighted by Crippen LogP contribution is 2.35. The second-order valence-corrected chi connectivity index (χ2v) is 5.67. The first-order valence-electron chi connectivity index (χ1n) is 5.96. The summed E-state index contributed by atoms with van der Waals surface area (Å²) in [5, 5.41) is 9.35. The summed E-state index contributed by atoms with van der Waals surface area (Å²) in [7, 11) is 4.04. The number of carboxylic acids is 1. The van der Waals surface area contributed by atoms with E-state index in [2.05, 4.69) is 23.6 Å². The van der Waals surface area contributed by atoms with Gasteiger partial charge in [0.05, 0.1) is 0 Å². The molecule has 94 valence electrons. The van der Waals surface area contributed by atoms with E-state index in [4.69, 9.17) is 0 Å². The summed E-state index contributed by atoms with van der Waals surface area (Å²) in [6.07, 6.45) is 2.10. The quantitative estimate of drug-likeness (QED) is 0.783. The molecule has 0 aliphatic carbocycles. The molecule has 0 aromatic rings. The molecule has 1 saturated heterocycles. The lowest BCUT2D eigenvalue weighted by Gasteiger charge is -2.44. The van der Waals surface area contributed by atoms with E-state index < -0.39 is 5.97 Å². The number of likely N-dealkylation sites (tertiary alicyclic amines) is 1. The maximum atomic E-state index is 11.4. The van der Waals surface area contributed by atoms with Crippen LogP contribution >= 0.6 is 0 Å². The van der Waals surface area contributed by atoms with Crippen LogP contribution in [0.4, 0.5) is 0 Å². The summed E-state index contributed by atoms with van der Waals surface area (Å²) < 4.78 is 0. The minimum absolute atomic E-state index is 0.115. The third kappa shape index (κ3) is 3.19. The topological polar surface area (TPSA) is 43.8 Å². The first kappa shape index (κ1) is 13.5. The van der Waals surface area contributed by atoms with Gasteiger partial charge in [0, 0.05) is 13.1 Å². The molecule has 1 unspecified atom stereocenters. The standard InChI is InChI=1S/C12H24N2O2/c1-12(2)6-5-7-14(9-8-13(3)4)10(12)11(15)16/h10H,5-9H2,1-4H3,(H,15,16). The fraction of sp³-hybridized carbons (Fsp3) is 0.917. The molecule has 0 amide bonds. The maximum absolute atomic E-state index is 11.4. The zero-order chi connectivity index (χ0) is 12.3. The van der Waals surface area contributed by atoms with Gasteiger partial charge in [0.1, 0.15) is 6.04 Å². The predicted molar refractivity (Wildman–Crippen MR) is 64.6 cm³/mol. The van der Waals surface area contributed by atoms with Crippen molar-refractivity contribution in [3.05, 3.63) is 0 Å². The number of rotatable bonds is 4. The SMILES string of the molecule is CN(C)CCN1CCCC(C)(C)C1C(=O)O. The Morgan fingerprint density at radius 2 is 2.12 bits per heavy atom. The van der Waals surface area contributed by atoms with E-state index in [0.717, 1.165) is 32.5 Å². The van der Waals surface area contributed by atoms with Gasteiger partial charge in [-0.15, -0.1) is 0 Å². The monoisotopic (exact) mass is 228 g/mol. The van der Waals surface area contributed by atoms with E-state index in [9.17, 15) is 9.90 Å². The van der Waals surface area contributed by atoms with E-state index in [1.165, 1.54) is 0 Å². The average molecular weight is 228 g/mol. The summed E-state index contributed by atoms with van der Waals surface area (Å²) in [6.45, 7) is 6.79. The number of nitrogens with zero attached hydrogens (tertiary/aromatic N) is 2. The van der Waals surface area contributed by atoms with Crippen LogP contribution in [-0.4, -0.2) is 60.6 Å². The van der Waals surface area contributed by atoms with Crippen LogP contribution in [0.1, 0.15) is 26.7 Å². The Kier molecular flexibility index (Phi) is 4.33. The van der Waals surface area contributed by atoms with Crippen LogP contribution in [0.3, 0.4) is 0 Å². The van der Waals surface area contributed by atoms with E-state index in [0.29, 0.717) is 0 Å². The summed E-state index contributed by atoms with van der Waals surface area (Å²) in [5.74, 6) is -0.677. The van der Waals surface area contributed by atoms with Crippen molar-refractivity contribution < 1.29 is 9.90 Å². The summed E-state index contributed by atoms with van der Waals surface area (Å²) in [5.41, 5.74) is -0.115. The largest absolute Gasteiger partial charge is 0.480 e. The molecule has 0 bridgehead atoms. The highest BCUT2D eigenvalue weighted by molar-refractivity contribution is 5.74. The van der Waals surface area contributed by atoms with Crippen LogP contribution in [0, 0.1) is 5.41 Å². The fourth-order valence-electron chi connectivity index (χ4n) is 2.56. The minimum atomic E-state index is -0.677. The van der Waals surface area contributed by atoms with Crippen LogP contribution < -0.4 is 0 Å². The number of likely N-dealkylation sites (N-methyl/N-ethyl adjacent to an activating group) is 1. The lowest BCUT2D eigenvalue weighted by Crippen LogP contribution is -2.55. The van der Waals surface area contributed by atoms with Crippen molar-refractivity contribution >= 4 is 5.97 Å². The molecule has 1 N–H and O–H groups in total. The minimum Gasteiger partial charge on any atom is -0.480 e. The van der Waals surface area contributed by atoms with Crippen molar-refractivity contribution in [3.63, 3.8) is 0 Å². The van der Waals surface area contributed by atoms with Crippen molar-refractivity contribution in [1.29, 1.82) is 0 Å². The number of aliphatic carboxylic acids is 1. The molecule has 0 aromatic carbocycles. The van der Waals surface area contributed by atoms with E-state index >= 15 is 0 Å². The number of hydrogen-bond acceptors (Lipinski definition) is 3. The molecule has 1 fully saturated rings. The van der Waals surface area contributed by atoms with Crippen molar-refractivity contribution in [2.75, 3.05) is 33.7 Å². The Hall–Kier alpha value is -0.610. The lowest BCUT2D eigenvalue weighted by molar-refractivity contribution is -0.150. The predicted octanol–water partition coefficient (Wildman–Crippen LogP) is 1.12. The van der Waals surface area contributed by atoms with E-state index in [-0.39, 0.29) is 11.5 Å². The molecular weight excluding hydrogens is 204 g/mol. The normalized spacial score (nSPS) is 25.9. The van der Waals surface area contributed by atoms with Crippen molar-refractivity contribution in [1.82, 2.24) is 9.80 Å². The van der Waals surface area contributed by atoms with Crippen LogP contribution in [0.15, 0.2) is 0 Å². The Balaban J connectivity index is 2.69. The molecular formula is C12H24N2O2. The first-order chi connectivity index (χ1) is 7.34. The van der Waals surface area contributed by atoms with E-state index in [1.54, 1.807) is 0 Å². The zero-order valence-electron chi connectivity index (χ0n) is 10.9. The highest BCUT2D eigenvalue weighted by atomic mass is 16.4. The lowest BCUT2D eigenvalue weighted by atomic mass is 9.76. The summed E-state index contributed by atoms with van der Waals surface area (Å²) in [6, 6.07) is -0.332. The maximum Gasteiger partial charge on any atom is 0.321 e. The van der Waals surface area contributed by atoms with Gasteiger partial charge in [-0.25, -0.2) is 0 Å². The van der Waals surface area contributed by atoms with Gasteiger partial charge in [-0.1, -0.05) is 13.8 Å². The number of carboxylic acid groups (broad SMARTS) is 1. The molecule has 0 spiro atoms. The molecule has 1 heterocycles. The van der Waals surface area contributed by atoms with Gasteiger partial charge in [-0.05, 0) is 38.9 Å². The Morgan fingerprint density at radius 3 is 2.62 bits per heavy atom. The molecule has 4 heteroatoms. The molecule has 1 aliphatic rings. The first-order valence-corrected chi connectivity index (χ1v) is 5.96. The van der Waals surface area contributed by atoms with Gasteiger partial charge >= 0.3 is 5.97 Å². The molecule has 16 heavy (non-hydrogen) atoms. The van der Waals surface area contributed by atoms with Gasteiger partial charge in [0.2, 0.25) is 0 Å². The number of piperidine rings is 1. The average Bonchev–Trinajstić information content (AvgIpc) is 2.12. The molecule has 0 saturated carbocycles. The van der Waals surface area contributed by atoms with Crippen LogP contribution in [0.2, 0.25) is 0 Å². The molecule has 0 aromatic heterocycles. The Bertz CT molecular complexity index is 251. The van der Waals surface area contributed by atoms with Crippen molar-refractivity contribution in [2.45, 2.75) is 32.7 Å². The molecule has 0 radical (unpaired) electrons. The smallest absolute Gasteiger partial charge is 0.321 e. The third-order valence-electron chi connectivity index (χ3n) is 3.44. The Labute approximate surface area is 98.2 Å². The third-order valence-corrected chi connectivity index (χ3v) is 3.44. The summed E-state index contributed by atoms with van der Waals surface area (Å²) in [4.78, 5) is 15.6. The zero-order valence-corrected chi connectivity index (χ0v) is 10.9. The van der Waals surface area contributed by atoms with Crippen molar-refractivity contribution in [2.24, 2.45) is 5.41 Å². The molecule has 4 nitrogen and oxygen atoms in total. The molecule has 1 rings (SSSR count). The van der Waals surface area contributed by atoms with Gasteiger partial charge in [-0.3, -0.25) is 9.69 Å². The van der Waals surface area contributed by atoms with Crippen molar-refractivity contribution in [3.8, 4) is 0 Å². The molecule has 1 aliphatic heterocycles. The van der Waals surface area contributed by atoms with Gasteiger partial charge < -0.3 is 10.0 Å². The second kappa shape index (κ2) is 5.15. The van der Waals surface area contributed by atoms with Gasteiger partial charge in [0.15, 0.2) is 0 Å². The summed E-state index contributed by atoms with van der Waals surface area (Å²) >= 11 is 0. The number of hydrogen-bond donors (Lipinski definition) is 1. The molecule has 1 atom stereocenters. The van der Waals surface area contributed by atoms with E-state index in [1.807, 2.05) is 14.1 Å².